The van der Waals surface area contributed by atoms with Crippen LogP contribution < -0.4 is 20.1 Å². The van der Waals surface area contributed by atoms with E-state index in [1.807, 2.05) is 79.7 Å². The fraction of sp³-hybridized carbons (Fsp3) is 0.265. The molecule has 0 aliphatic heterocycles. The average molecular weight is 582 g/mol. The SMILES string of the molecule is CCOc1cc(C=Nc2sc3c(c2C(=O)Nc2ccccc2)CCCCCC3)ccc1OCC(=O)Nc1ccccc1. The van der Waals surface area contributed by atoms with Gasteiger partial charge in [0.2, 0.25) is 0 Å². The van der Waals surface area contributed by atoms with E-state index in [1.54, 1.807) is 23.6 Å². The molecule has 0 bridgehead atoms. The van der Waals surface area contributed by atoms with Gasteiger partial charge in [0.1, 0.15) is 5.00 Å². The van der Waals surface area contributed by atoms with E-state index in [0.29, 0.717) is 34.4 Å². The smallest absolute Gasteiger partial charge is 0.262 e. The molecule has 2 N–H and O–H groups in total. The van der Waals surface area contributed by atoms with Crippen LogP contribution in [-0.4, -0.2) is 31.2 Å². The molecule has 3 aromatic carbocycles. The summed E-state index contributed by atoms with van der Waals surface area (Å²) in [7, 11) is 0. The summed E-state index contributed by atoms with van der Waals surface area (Å²) in [6.07, 6.45) is 8.20. The molecule has 1 heterocycles. The zero-order chi connectivity index (χ0) is 29.1. The first-order chi connectivity index (χ1) is 20.6. The molecule has 0 saturated heterocycles. The van der Waals surface area contributed by atoms with Gasteiger partial charge >= 0.3 is 0 Å². The van der Waals surface area contributed by atoms with Gasteiger partial charge in [0.15, 0.2) is 18.1 Å². The summed E-state index contributed by atoms with van der Waals surface area (Å²) in [5.74, 6) is 0.608. The Morgan fingerprint density at radius 3 is 2.24 bits per heavy atom. The molecule has 5 rings (SSSR count). The lowest BCUT2D eigenvalue weighted by Crippen LogP contribution is -2.20. The van der Waals surface area contributed by atoms with Gasteiger partial charge in [-0.1, -0.05) is 49.2 Å². The van der Waals surface area contributed by atoms with Gasteiger partial charge in [0, 0.05) is 22.5 Å². The molecule has 0 spiro atoms. The molecule has 2 amide bonds. The molecule has 0 fully saturated rings. The number of thiophene rings is 1. The van der Waals surface area contributed by atoms with Crippen LogP contribution in [-0.2, 0) is 17.6 Å². The van der Waals surface area contributed by atoms with Gasteiger partial charge in [-0.15, -0.1) is 11.3 Å². The predicted octanol–water partition coefficient (Wildman–Crippen LogP) is 7.83. The van der Waals surface area contributed by atoms with Gasteiger partial charge in [-0.2, -0.15) is 0 Å². The minimum absolute atomic E-state index is 0.126. The molecule has 8 heteroatoms. The number of aryl methyl sites for hydroxylation is 1. The largest absolute Gasteiger partial charge is 0.490 e. The molecular formula is C34H35N3O4S. The normalized spacial score (nSPS) is 13.1. The van der Waals surface area contributed by atoms with Gasteiger partial charge in [-0.05, 0) is 86.2 Å². The monoisotopic (exact) mass is 581 g/mol. The Hall–Kier alpha value is -4.43. The zero-order valence-electron chi connectivity index (χ0n) is 23.7. The van der Waals surface area contributed by atoms with Crippen molar-refractivity contribution in [1.29, 1.82) is 0 Å². The molecule has 216 valence electrons. The van der Waals surface area contributed by atoms with Crippen molar-refractivity contribution in [2.75, 3.05) is 23.8 Å². The molecule has 7 nitrogen and oxygen atoms in total. The second kappa shape index (κ2) is 14.5. The van der Waals surface area contributed by atoms with E-state index < -0.39 is 0 Å². The van der Waals surface area contributed by atoms with Crippen LogP contribution in [0.4, 0.5) is 16.4 Å². The van der Waals surface area contributed by atoms with Crippen molar-refractivity contribution < 1.29 is 19.1 Å². The first-order valence-electron chi connectivity index (χ1n) is 14.4. The molecule has 4 aromatic rings. The summed E-state index contributed by atoms with van der Waals surface area (Å²) in [5.41, 5.74) is 4.08. The minimum atomic E-state index is -0.260. The number of anilines is 2. The number of para-hydroxylation sites is 2. The molecule has 0 saturated carbocycles. The van der Waals surface area contributed by atoms with E-state index in [4.69, 9.17) is 14.5 Å². The number of carbonyl (C=O) groups is 2. The summed E-state index contributed by atoms with van der Waals surface area (Å²) < 4.78 is 11.6. The lowest BCUT2D eigenvalue weighted by atomic mass is 9.96. The first kappa shape index (κ1) is 29.1. The average Bonchev–Trinajstić information content (AvgIpc) is 3.33. The lowest BCUT2D eigenvalue weighted by Gasteiger charge is -2.13. The van der Waals surface area contributed by atoms with E-state index in [0.717, 1.165) is 42.5 Å². The Bertz CT molecular complexity index is 1530. The van der Waals surface area contributed by atoms with Gasteiger partial charge in [-0.25, -0.2) is 4.99 Å². The van der Waals surface area contributed by atoms with Crippen molar-refractivity contribution in [2.24, 2.45) is 4.99 Å². The van der Waals surface area contributed by atoms with Crippen LogP contribution in [0.3, 0.4) is 0 Å². The second-order valence-corrected chi connectivity index (χ2v) is 11.1. The van der Waals surface area contributed by atoms with E-state index in [2.05, 4.69) is 10.6 Å². The molecular weight excluding hydrogens is 546 g/mol. The third kappa shape index (κ3) is 7.64. The van der Waals surface area contributed by atoms with E-state index in [9.17, 15) is 9.59 Å². The topological polar surface area (TPSA) is 89.0 Å². The number of fused-ring (bicyclic) bond motifs is 1. The van der Waals surface area contributed by atoms with Crippen molar-refractivity contribution in [2.45, 2.75) is 45.4 Å². The second-order valence-electron chi connectivity index (χ2n) is 10.0. The van der Waals surface area contributed by atoms with E-state index in [-0.39, 0.29) is 18.4 Å². The Labute approximate surface area is 250 Å². The highest BCUT2D eigenvalue weighted by Crippen LogP contribution is 2.39. The maximum atomic E-state index is 13.6. The number of amides is 2. The number of ether oxygens (including phenoxy) is 2. The molecule has 1 aliphatic carbocycles. The Balaban J connectivity index is 1.36. The van der Waals surface area contributed by atoms with Crippen LogP contribution in [0.1, 0.15) is 59.0 Å². The van der Waals surface area contributed by atoms with Gasteiger partial charge in [-0.3, -0.25) is 9.59 Å². The quantitative estimate of drug-likeness (QED) is 0.187. The maximum absolute atomic E-state index is 13.6. The highest BCUT2D eigenvalue weighted by atomic mass is 32.1. The molecule has 0 radical (unpaired) electrons. The molecule has 1 aromatic heterocycles. The third-order valence-electron chi connectivity index (χ3n) is 6.93. The molecule has 1 aliphatic rings. The van der Waals surface area contributed by atoms with Crippen LogP contribution >= 0.6 is 11.3 Å². The highest BCUT2D eigenvalue weighted by molar-refractivity contribution is 7.16. The van der Waals surface area contributed by atoms with Crippen molar-refractivity contribution in [3.63, 3.8) is 0 Å². The van der Waals surface area contributed by atoms with Crippen molar-refractivity contribution >= 4 is 45.7 Å². The van der Waals surface area contributed by atoms with Crippen LogP contribution in [0.25, 0.3) is 0 Å². The minimum Gasteiger partial charge on any atom is -0.490 e. The maximum Gasteiger partial charge on any atom is 0.262 e. The van der Waals surface area contributed by atoms with Gasteiger partial charge in [0.05, 0.1) is 12.2 Å². The number of hydrogen-bond acceptors (Lipinski definition) is 6. The fourth-order valence-electron chi connectivity index (χ4n) is 4.93. The highest BCUT2D eigenvalue weighted by Gasteiger charge is 2.24. The fourth-order valence-corrected chi connectivity index (χ4v) is 6.16. The number of carbonyl (C=O) groups excluding carboxylic acids is 2. The number of rotatable bonds is 10. The van der Waals surface area contributed by atoms with E-state index >= 15 is 0 Å². The number of nitrogens with one attached hydrogen (secondary N) is 2. The van der Waals surface area contributed by atoms with Gasteiger partial charge in [0.25, 0.3) is 11.8 Å². The van der Waals surface area contributed by atoms with Gasteiger partial charge < -0.3 is 20.1 Å². The summed E-state index contributed by atoms with van der Waals surface area (Å²) in [5, 5.41) is 6.59. The van der Waals surface area contributed by atoms with Crippen LogP contribution in [0.2, 0.25) is 0 Å². The summed E-state index contributed by atoms with van der Waals surface area (Å²) in [6.45, 7) is 2.18. The van der Waals surface area contributed by atoms with Crippen LogP contribution in [0, 0.1) is 0 Å². The van der Waals surface area contributed by atoms with Crippen LogP contribution in [0.5, 0.6) is 11.5 Å². The Kier molecular flexibility index (Phi) is 10.0. The Morgan fingerprint density at radius 2 is 1.52 bits per heavy atom. The molecule has 0 unspecified atom stereocenters. The number of nitrogens with zero attached hydrogens (tertiary/aromatic N) is 1. The van der Waals surface area contributed by atoms with Crippen LogP contribution in [0.15, 0.2) is 83.9 Å². The summed E-state index contributed by atoms with van der Waals surface area (Å²) in [4.78, 5) is 32.0. The number of aliphatic imine (C=N–C) groups is 1. The number of benzene rings is 3. The predicted molar refractivity (Wildman–Crippen MR) is 170 cm³/mol. The summed E-state index contributed by atoms with van der Waals surface area (Å²) >= 11 is 1.61. The third-order valence-corrected chi connectivity index (χ3v) is 8.13. The molecule has 0 atom stereocenters. The lowest BCUT2D eigenvalue weighted by molar-refractivity contribution is -0.118. The molecule has 42 heavy (non-hydrogen) atoms. The van der Waals surface area contributed by atoms with Crippen molar-refractivity contribution in [1.82, 2.24) is 0 Å². The summed E-state index contributed by atoms with van der Waals surface area (Å²) in [6, 6.07) is 24.3. The van der Waals surface area contributed by atoms with Crippen molar-refractivity contribution in [3.05, 3.63) is 100 Å². The zero-order valence-corrected chi connectivity index (χ0v) is 24.5. The standard InChI is InChI=1S/C34H35N3O4S/c1-2-40-29-21-24(19-20-28(29)41-23-31(38)36-25-13-7-5-8-14-25)22-35-34-32(33(39)37-26-15-9-6-10-16-26)27-17-11-3-4-12-18-30(27)42-34/h5-10,13-16,19-22H,2-4,11-12,17-18,23H2,1H3,(H,36,38)(H,37,39). The Morgan fingerprint density at radius 1 is 0.833 bits per heavy atom. The first-order valence-corrected chi connectivity index (χ1v) is 15.2. The van der Waals surface area contributed by atoms with E-state index in [1.165, 1.54) is 17.7 Å². The van der Waals surface area contributed by atoms with Crippen molar-refractivity contribution in [3.8, 4) is 11.5 Å². The number of hydrogen-bond donors (Lipinski definition) is 2.